The van der Waals surface area contributed by atoms with E-state index in [4.69, 9.17) is 0 Å². The molecule has 0 spiro atoms. The molecule has 0 aliphatic carbocycles. The van der Waals surface area contributed by atoms with Gasteiger partial charge in [-0.2, -0.15) is 4.31 Å². The summed E-state index contributed by atoms with van der Waals surface area (Å²) in [6, 6.07) is 5.68. The van der Waals surface area contributed by atoms with Gasteiger partial charge in [-0.1, -0.05) is 6.07 Å². The predicted octanol–water partition coefficient (Wildman–Crippen LogP) is 0.904. The predicted molar refractivity (Wildman–Crippen MR) is 75.3 cm³/mol. The molecule has 1 aliphatic rings. The molecule has 2 rings (SSSR count). The molecule has 0 radical (unpaired) electrons. The maximum Gasteiger partial charge on any atom is 0.217 e. The summed E-state index contributed by atoms with van der Waals surface area (Å²) in [5, 5.41) is 2.93. The summed E-state index contributed by atoms with van der Waals surface area (Å²) < 4.78 is 26.3. The first kappa shape index (κ1) is 14.4. The van der Waals surface area contributed by atoms with Crippen LogP contribution in [0.5, 0.6) is 0 Å². The van der Waals surface area contributed by atoms with Crippen LogP contribution in [0.25, 0.3) is 0 Å². The average Bonchev–Trinajstić information content (AvgIpc) is 2.39. The topological polar surface area (TPSA) is 62.3 Å². The number of aryl methyl sites for hydroxylation is 1. The maximum absolute atomic E-state index is 12.4. The number of hydrogen-bond donors (Lipinski definition) is 1. The summed E-state index contributed by atoms with van der Waals surface area (Å²) in [5.41, 5.74) is 1.70. The molecule has 106 valence electrons. The molecular weight excluding hydrogens is 262 g/mol. The summed E-state index contributed by atoms with van der Waals surface area (Å²) >= 11 is 0. The number of pyridine rings is 1. The molecule has 1 fully saturated rings. The van der Waals surface area contributed by atoms with E-state index in [9.17, 15) is 8.42 Å². The molecule has 0 atom stereocenters. The molecule has 1 aromatic heterocycles. The van der Waals surface area contributed by atoms with E-state index in [1.54, 1.807) is 7.05 Å². The zero-order valence-electron chi connectivity index (χ0n) is 11.5. The quantitative estimate of drug-likeness (QED) is 0.892. The Bertz CT molecular complexity index is 524. The van der Waals surface area contributed by atoms with Crippen molar-refractivity contribution < 1.29 is 8.42 Å². The second-order valence-corrected chi connectivity index (χ2v) is 7.34. The Hall–Kier alpha value is -0.980. The van der Waals surface area contributed by atoms with E-state index in [0.29, 0.717) is 19.4 Å². The van der Waals surface area contributed by atoms with Gasteiger partial charge in [0.15, 0.2) is 0 Å². The van der Waals surface area contributed by atoms with Gasteiger partial charge in [0.05, 0.1) is 17.5 Å². The lowest BCUT2D eigenvalue weighted by Gasteiger charge is -2.27. The third-order valence-electron chi connectivity index (χ3n) is 3.47. The largest absolute Gasteiger partial charge is 0.317 e. The molecule has 0 bridgehead atoms. The van der Waals surface area contributed by atoms with E-state index in [0.717, 1.165) is 24.5 Å². The first-order valence-corrected chi connectivity index (χ1v) is 8.09. The molecule has 5 nitrogen and oxygen atoms in total. The van der Waals surface area contributed by atoms with Crippen molar-refractivity contribution in [1.29, 1.82) is 0 Å². The first-order valence-electron chi connectivity index (χ1n) is 6.58. The average molecular weight is 283 g/mol. The molecule has 1 aromatic rings. The maximum atomic E-state index is 12.4. The molecule has 0 aromatic carbocycles. The Kier molecular flexibility index (Phi) is 4.54. The fourth-order valence-corrected chi connectivity index (χ4v) is 4.01. The number of nitrogens with zero attached hydrogens (tertiary/aromatic N) is 2. The van der Waals surface area contributed by atoms with Crippen LogP contribution in [0.4, 0.5) is 0 Å². The minimum Gasteiger partial charge on any atom is -0.317 e. The van der Waals surface area contributed by atoms with Gasteiger partial charge in [0.2, 0.25) is 10.0 Å². The standard InChI is InChI=1S/C13H21N3O2S/c1-11-4-3-5-12(15-11)10-16(2)19(17,18)13-6-8-14-9-7-13/h3-5,13-14H,6-10H2,1-2H3. The molecule has 1 aliphatic heterocycles. The number of sulfonamides is 1. The number of rotatable bonds is 4. The molecule has 6 heteroatoms. The third-order valence-corrected chi connectivity index (χ3v) is 5.78. The summed E-state index contributed by atoms with van der Waals surface area (Å²) in [4.78, 5) is 4.35. The van der Waals surface area contributed by atoms with Crippen molar-refractivity contribution in [3.63, 3.8) is 0 Å². The van der Waals surface area contributed by atoms with E-state index in [-0.39, 0.29) is 5.25 Å². The van der Waals surface area contributed by atoms with Crippen LogP contribution < -0.4 is 5.32 Å². The fourth-order valence-electron chi connectivity index (χ4n) is 2.35. The van der Waals surface area contributed by atoms with Crippen molar-refractivity contribution >= 4 is 10.0 Å². The zero-order valence-corrected chi connectivity index (χ0v) is 12.3. The van der Waals surface area contributed by atoms with E-state index in [2.05, 4.69) is 10.3 Å². The van der Waals surface area contributed by atoms with Gasteiger partial charge in [-0.15, -0.1) is 0 Å². The van der Waals surface area contributed by atoms with Crippen molar-refractivity contribution in [3.05, 3.63) is 29.6 Å². The van der Waals surface area contributed by atoms with Gasteiger partial charge in [-0.05, 0) is 45.0 Å². The molecule has 0 saturated carbocycles. The fraction of sp³-hybridized carbons (Fsp3) is 0.615. The van der Waals surface area contributed by atoms with Gasteiger partial charge in [-0.25, -0.2) is 8.42 Å². The van der Waals surface area contributed by atoms with Crippen LogP contribution in [-0.4, -0.2) is 43.1 Å². The van der Waals surface area contributed by atoms with Gasteiger partial charge in [-0.3, -0.25) is 4.98 Å². The Labute approximate surface area is 115 Å². The molecule has 19 heavy (non-hydrogen) atoms. The Morgan fingerprint density at radius 2 is 2.05 bits per heavy atom. The molecule has 1 saturated heterocycles. The molecular formula is C13H21N3O2S. The molecule has 0 amide bonds. The lowest BCUT2D eigenvalue weighted by Crippen LogP contribution is -2.42. The van der Waals surface area contributed by atoms with Crippen molar-refractivity contribution in [2.45, 2.75) is 31.6 Å². The van der Waals surface area contributed by atoms with Gasteiger partial charge >= 0.3 is 0 Å². The molecule has 1 N–H and O–H groups in total. The number of nitrogens with one attached hydrogen (secondary N) is 1. The number of aromatic nitrogens is 1. The Balaban J connectivity index is 2.07. The Morgan fingerprint density at radius 3 is 2.68 bits per heavy atom. The SMILES string of the molecule is Cc1cccc(CN(C)S(=O)(=O)C2CCNCC2)n1. The van der Waals surface area contributed by atoms with Crippen LogP contribution in [0, 0.1) is 6.92 Å². The van der Waals surface area contributed by atoms with Crippen molar-refractivity contribution in [1.82, 2.24) is 14.6 Å². The lowest BCUT2D eigenvalue weighted by molar-refractivity contribution is 0.425. The van der Waals surface area contributed by atoms with E-state index in [1.807, 2.05) is 25.1 Å². The zero-order chi connectivity index (χ0) is 13.9. The molecule has 0 unspecified atom stereocenters. The van der Waals surface area contributed by atoms with E-state index < -0.39 is 10.0 Å². The highest BCUT2D eigenvalue weighted by molar-refractivity contribution is 7.89. The van der Waals surface area contributed by atoms with Crippen molar-refractivity contribution in [2.24, 2.45) is 0 Å². The van der Waals surface area contributed by atoms with Crippen LogP contribution in [0.15, 0.2) is 18.2 Å². The summed E-state index contributed by atoms with van der Waals surface area (Å²) in [6.07, 6.45) is 1.38. The van der Waals surface area contributed by atoms with Crippen LogP contribution in [0.2, 0.25) is 0 Å². The van der Waals surface area contributed by atoms with Crippen LogP contribution >= 0.6 is 0 Å². The van der Waals surface area contributed by atoms with Crippen LogP contribution in [0.1, 0.15) is 24.2 Å². The van der Waals surface area contributed by atoms with Crippen molar-refractivity contribution in [2.75, 3.05) is 20.1 Å². The van der Waals surface area contributed by atoms with E-state index >= 15 is 0 Å². The highest BCUT2D eigenvalue weighted by Crippen LogP contribution is 2.18. The minimum atomic E-state index is -3.22. The van der Waals surface area contributed by atoms with Crippen molar-refractivity contribution in [3.8, 4) is 0 Å². The minimum absolute atomic E-state index is 0.261. The van der Waals surface area contributed by atoms with Crippen LogP contribution in [-0.2, 0) is 16.6 Å². The second kappa shape index (κ2) is 5.98. The van der Waals surface area contributed by atoms with E-state index in [1.165, 1.54) is 4.31 Å². The lowest BCUT2D eigenvalue weighted by atomic mass is 10.2. The van der Waals surface area contributed by atoms with Crippen LogP contribution in [0.3, 0.4) is 0 Å². The first-order chi connectivity index (χ1) is 9.00. The second-order valence-electron chi connectivity index (χ2n) is 5.02. The summed E-state index contributed by atoms with van der Waals surface area (Å²) in [7, 11) is -1.58. The molecule has 2 heterocycles. The summed E-state index contributed by atoms with van der Waals surface area (Å²) in [6.45, 7) is 3.81. The Morgan fingerprint density at radius 1 is 1.37 bits per heavy atom. The highest BCUT2D eigenvalue weighted by atomic mass is 32.2. The smallest absolute Gasteiger partial charge is 0.217 e. The number of piperidine rings is 1. The highest BCUT2D eigenvalue weighted by Gasteiger charge is 2.30. The number of hydrogen-bond acceptors (Lipinski definition) is 4. The van der Waals surface area contributed by atoms with Gasteiger partial charge in [0.1, 0.15) is 0 Å². The van der Waals surface area contributed by atoms with Gasteiger partial charge < -0.3 is 5.32 Å². The summed E-state index contributed by atoms with van der Waals surface area (Å²) in [5.74, 6) is 0. The monoisotopic (exact) mass is 283 g/mol. The normalized spacial score (nSPS) is 17.8. The third kappa shape index (κ3) is 3.52. The van der Waals surface area contributed by atoms with Gasteiger partial charge in [0, 0.05) is 12.7 Å². The van der Waals surface area contributed by atoms with Gasteiger partial charge in [0.25, 0.3) is 0 Å².